The smallest absolute Gasteiger partial charge is 0.325 e. The Labute approximate surface area is 162 Å². The van der Waals surface area contributed by atoms with Gasteiger partial charge in [-0.05, 0) is 18.1 Å². The molecule has 2 aromatic rings. The summed E-state index contributed by atoms with van der Waals surface area (Å²) < 4.78 is 13.7. The normalized spacial score (nSPS) is 18.9. The van der Waals surface area contributed by atoms with E-state index in [1.165, 1.54) is 6.07 Å². The summed E-state index contributed by atoms with van der Waals surface area (Å²) in [4.78, 5) is 38.7. The van der Waals surface area contributed by atoms with Crippen molar-refractivity contribution >= 4 is 17.8 Å². The second kappa shape index (κ2) is 8.21. The van der Waals surface area contributed by atoms with Crippen LogP contribution in [-0.2, 0) is 21.7 Å². The van der Waals surface area contributed by atoms with Gasteiger partial charge in [0.05, 0.1) is 0 Å². The number of hydrogen-bond donors (Lipinski definition) is 2. The van der Waals surface area contributed by atoms with Crippen molar-refractivity contribution in [1.29, 1.82) is 0 Å². The highest BCUT2D eigenvalue weighted by Gasteiger charge is 2.52. The summed E-state index contributed by atoms with van der Waals surface area (Å²) in [5.41, 5.74) is -0.152. The second-order valence-corrected chi connectivity index (χ2v) is 6.71. The first-order chi connectivity index (χ1) is 13.5. The van der Waals surface area contributed by atoms with Gasteiger partial charge >= 0.3 is 6.03 Å². The molecule has 1 aliphatic rings. The quantitative estimate of drug-likeness (QED) is 0.722. The second-order valence-electron chi connectivity index (χ2n) is 6.71. The molecule has 0 radical (unpaired) electrons. The first kappa shape index (κ1) is 19.5. The first-order valence-corrected chi connectivity index (χ1v) is 9.17. The number of carbonyl (C=O) groups excluding carboxylic acids is 3. The van der Waals surface area contributed by atoms with Gasteiger partial charge in [-0.3, -0.25) is 14.5 Å². The predicted molar refractivity (Wildman–Crippen MR) is 102 cm³/mol. The van der Waals surface area contributed by atoms with Crippen LogP contribution in [0.2, 0.25) is 0 Å². The monoisotopic (exact) mass is 383 g/mol. The van der Waals surface area contributed by atoms with E-state index in [1.807, 2.05) is 13.0 Å². The molecule has 0 saturated carbocycles. The summed E-state index contributed by atoms with van der Waals surface area (Å²) in [7, 11) is 0. The minimum atomic E-state index is -1.17. The summed E-state index contributed by atoms with van der Waals surface area (Å²) >= 11 is 0. The van der Waals surface area contributed by atoms with Gasteiger partial charge in [0.1, 0.15) is 17.9 Å². The topological polar surface area (TPSA) is 78.5 Å². The number of hydrogen-bond acceptors (Lipinski definition) is 3. The van der Waals surface area contributed by atoms with E-state index in [-0.39, 0.29) is 6.54 Å². The van der Waals surface area contributed by atoms with Gasteiger partial charge in [-0.15, -0.1) is 0 Å². The van der Waals surface area contributed by atoms with Crippen molar-refractivity contribution in [3.63, 3.8) is 0 Å². The van der Waals surface area contributed by atoms with E-state index in [9.17, 15) is 18.8 Å². The highest BCUT2D eigenvalue weighted by molar-refractivity contribution is 6.09. The van der Waals surface area contributed by atoms with Crippen LogP contribution in [0.3, 0.4) is 0 Å². The van der Waals surface area contributed by atoms with Crippen molar-refractivity contribution in [2.75, 3.05) is 6.54 Å². The van der Waals surface area contributed by atoms with Crippen LogP contribution in [0.15, 0.2) is 54.6 Å². The Kier molecular flexibility index (Phi) is 5.73. The van der Waals surface area contributed by atoms with Crippen LogP contribution in [0, 0.1) is 5.82 Å². The van der Waals surface area contributed by atoms with Crippen LogP contribution >= 0.6 is 0 Å². The molecule has 0 aromatic heterocycles. The van der Waals surface area contributed by atoms with Gasteiger partial charge in [-0.2, -0.15) is 0 Å². The van der Waals surface area contributed by atoms with E-state index in [0.717, 1.165) is 4.90 Å². The molecule has 146 valence electrons. The first-order valence-electron chi connectivity index (χ1n) is 9.17. The Morgan fingerprint density at radius 1 is 1.11 bits per heavy atom. The lowest BCUT2D eigenvalue weighted by Gasteiger charge is -2.26. The summed E-state index contributed by atoms with van der Waals surface area (Å²) in [5, 5.41) is 5.32. The van der Waals surface area contributed by atoms with Crippen LogP contribution in [-0.4, -0.2) is 29.3 Å². The number of nitrogens with one attached hydrogen (secondary N) is 2. The Hall–Kier alpha value is -3.22. The van der Waals surface area contributed by atoms with Gasteiger partial charge in [-0.1, -0.05) is 61.9 Å². The van der Waals surface area contributed by atoms with E-state index < -0.39 is 35.7 Å². The summed E-state index contributed by atoms with van der Waals surface area (Å²) in [5.74, 6) is -1.41. The van der Waals surface area contributed by atoms with E-state index in [1.54, 1.807) is 42.5 Å². The van der Waals surface area contributed by atoms with Crippen LogP contribution < -0.4 is 10.6 Å². The fourth-order valence-electron chi connectivity index (χ4n) is 3.41. The van der Waals surface area contributed by atoms with Gasteiger partial charge in [0.2, 0.25) is 5.91 Å². The molecule has 28 heavy (non-hydrogen) atoms. The number of rotatable bonds is 7. The maximum absolute atomic E-state index is 13.7. The predicted octanol–water partition coefficient (Wildman–Crippen LogP) is 2.69. The molecule has 0 spiro atoms. The van der Waals surface area contributed by atoms with E-state index >= 15 is 0 Å². The lowest BCUT2D eigenvalue weighted by Crippen LogP contribution is -2.45. The average Bonchev–Trinajstić information content (AvgIpc) is 2.93. The molecule has 1 atom stereocenters. The van der Waals surface area contributed by atoms with Gasteiger partial charge in [0.25, 0.3) is 5.91 Å². The molecule has 0 unspecified atom stereocenters. The van der Waals surface area contributed by atoms with E-state index in [4.69, 9.17) is 0 Å². The fourth-order valence-corrected chi connectivity index (χ4v) is 3.41. The maximum Gasteiger partial charge on any atom is 0.325 e. The highest BCUT2D eigenvalue weighted by atomic mass is 19.1. The SMILES string of the molecule is CCC[C@@]1(c2ccccc2)NC(=O)N(CC(=O)NCc2ccccc2F)C1=O. The van der Waals surface area contributed by atoms with Crippen molar-refractivity contribution in [1.82, 2.24) is 15.5 Å². The summed E-state index contributed by atoms with van der Waals surface area (Å²) in [6, 6.07) is 14.5. The molecule has 0 aliphatic carbocycles. The lowest BCUT2D eigenvalue weighted by molar-refractivity contribution is -0.135. The molecule has 7 heteroatoms. The Morgan fingerprint density at radius 3 is 2.46 bits per heavy atom. The minimum Gasteiger partial charge on any atom is -0.350 e. The van der Waals surface area contributed by atoms with Gasteiger partial charge in [0, 0.05) is 12.1 Å². The molecule has 0 bridgehead atoms. The number of amides is 4. The molecule has 1 aliphatic heterocycles. The van der Waals surface area contributed by atoms with E-state index in [0.29, 0.717) is 24.0 Å². The number of halogens is 1. The van der Waals surface area contributed by atoms with Crippen molar-refractivity contribution in [2.45, 2.75) is 31.8 Å². The standard InChI is InChI=1S/C21H22FN3O3/c1-2-12-21(16-9-4-3-5-10-16)19(27)25(20(28)24-21)14-18(26)23-13-15-8-6-7-11-17(15)22/h3-11H,2,12-14H2,1H3,(H,23,26)(H,24,28)/t21-/m0/s1. The molecule has 1 heterocycles. The van der Waals surface area contributed by atoms with E-state index in [2.05, 4.69) is 10.6 Å². The van der Waals surface area contributed by atoms with Crippen LogP contribution in [0.25, 0.3) is 0 Å². The summed E-state index contributed by atoms with van der Waals surface area (Å²) in [6.45, 7) is 1.49. The van der Waals surface area contributed by atoms with Gasteiger partial charge < -0.3 is 10.6 Å². The zero-order chi connectivity index (χ0) is 20.1. The number of urea groups is 1. The van der Waals surface area contributed by atoms with Crippen molar-refractivity contribution in [2.24, 2.45) is 0 Å². The van der Waals surface area contributed by atoms with Crippen molar-refractivity contribution in [3.05, 3.63) is 71.5 Å². The number of imide groups is 1. The molecule has 1 fully saturated rings. The minimum absolute atomic E-state index is 0.0199. The maximum atomic E-state index is 13.7. The number of nitrogens with zero attached hydrogens (tertiary/aromatic N) is 1. The molecular weight excluding hydrogens is 361 g/mol. The van der Waals surface area contributed by atoms with Gasteiger partial charge in [0.15, 0.2) is 0 Å². The molecule has 3 rings (SSSR count). The number of carbonyl (C=O) groups is 3. The molecular formula is C21H22FN3O3. The Bertz CT molecular complexity index is 887. The fraction of sp³-hybridized carbons (Fsp3) is 0.286. The third-order valence-corrected chi connectivity index (χ3v) is 4.80. The molecule has 6 nitrogen and oxygen atoms in total. The largest absolute Gasteiger partial charge is 0.350 e. The Morgan fingerprint density at radius 2 is 1.79 bits per heavy atom. The van der Waals surface area contributed by atoms with Crippen molar-refractivity contribution in [3.8, 4) is 0 Å². The van der Waals surface area contributed by atoms with Crippen LogP contribution in [0.4, 0.5) is 9.18 Å². The lowest BCUT2D eigenvalue weighted by atomic mass is 9.85. The highest BCUT2D eigenvalue weighted by Crippen LogP contribution is 2.33. The third kappa shape index (κ3) is 3.74. The Balaban J connectivity index is 1.72. The molecule has 1 saturated heterocycles. The number of benzene rings is 2. The third-order valence-electron chi connectivity index (χ3n) is 4.80. The van der Waals surface area contributed by atoms with Gasteiger partial charge in [-0.25, -0.2) is 9.18 Å². The molecule has 2 aromatic carbocycles. The molecule has 2 N–H and O–H groups in total. The zero-order valence-corrected chi connectivity index (χ0v) is 15.6. The molecule has 4 amide bonds. The van der Waals surface area contributed by atoms with Crippen LogP contribution in [0.1, 0.15) is 30.9 Å². The van der Waals surface area contributed by atoms with Crippen LogP contribution in [0.5, 0.6) is 0 Å². The zero-order valence-electron chi connectivity index (χ0n) is 15.6. The average molecular weight is 383 g/mol. The van der Waals surface area contributed by atoms with Crippen molar-refractivity contribution < 1.29 is 18.8 Å². The summed E-state index contributed by atoms with van der Waals surface area (Å²) in [6.07, 6.45) is 1.10.